The van der Waals surface area contributed by atoms with Crippen molar-refractivity contribution in [3.63, 3.8) is 0 Å². The van der Waals surface area contributed by atoms with E-state index in [9.17, 15) is 0 Å². The van der Waals surface area contributed by atoms with Crippen LogP contribution in [0.3, 0.4) is 0 Å². The number of hydrogen-bond donors (Lipinski definition) is 0. The molecule has 1 radical (unpaired) electrons. The number of hydrogen-bond acceptors (Lipinski definition) is 0. The van der Waals surface area contributed by atoms with Gasteiger partial charge in [0.05, 0.1) is 0 Å². The van der Waals surface area contributed by atoms with Gasteiger partial charge < -0.3 is 0 Å². The van der Waals surface area contributed by atoms with Crippen molar-refractivity contribution in [2.24, 2.45) is 0 Å². The molecule has 0 heterocycles. The summed E-state index contributed by atoms with van der Waals surface area (Å²) in [4.78, 5) is 0. The molecule has 0 N–H and O–H groups in total. The molecule has 0 spiro atoms. The lowest BCUT2D eigenvalue weighted by atomic mass is 10.00. The Labute approximate surface area is 79.6 Å². The fourth-order valence-corrected chi connectivity index (χ4v) is 1.71. The van der Waals surface area contributed by atoms with Gasteiger partial charge in [-0.15, -0.1) is 0 Å². The van der Waals surface area contributed by atoms with E-state index in [1.54, 1.807) is 0 Å². The van der Waals surface area contributed by atoms with Gasteiger partial charge in [-0.2, -0.15) is 0 Å². The molecule has 0 atom stereocenters. The number of benzene rings is 1. The van der Waals surface area contributed by atoms with Gasteiger partial charge in [-0.05, 0) is 43.0 Å². The second-order valence-electron chi connectivity index (χ2n) is 3.52. The molecule has 0 saturated carbocycles. The van der Waals surface area contributed by atoms with E-state index in [-0.39, 0.29) is 0 Å². The lowest BCUT2D eigenvalue weighted by Gasteiger charge is -2.05. The van der Waals surface area contributed by atoms with E-state index >= 15 is 0 Å². The maximum Gasteiger partial charge on any atom is -0.00849 e. The summed E-state index contributed by atoms with van der Waals surface area (Å²) >= 11 is 0. The van der Waals surface area contributed by atoms with Crippen molar-refractivity contribution in [3.05, 3.63) is 53.1 Å². The van der Waals surface area contributed by atoms with Gasteiger partial charge in [0.15, 0.2) is 0 Å². The second kappa shape index (κ2) is 3.21. The molecule has 0 heteroatoms. The number of aryl methyl sites for hydroxylation is 2. The summed E-state index contributed by atoms with van der Waals surface area (Å²) in [6, 6.07) is 6.56. The molecule has 0 aliphatic heterocycles. The van der Waals surface area contributed by atoms with E-state index in [1.807, 2.05) is 0 Å². The van der Waals surface area contributed by atoms with Crippen LogP contribution in [0.25, 0.3) is 5.57 Å². The normalized spacial score (nSPS) is 14.8. The fourth-order valence-electron chi connectivity index (χ4n) is 1.71. The summed E-state index contributed by atoms with van der Waals surface area (Å²) in [5, 5.41) is 0. The lowest BCUT2D eigenvalue weighted by Crippen LogP contribution is -1.86. The largest absolute Gasteiger partial charge is 0.0795 e. The summed E-state index contributed by atoms with van der Waals surface area (Å²) in [6.45, 7) is 4.28. The average Bonchev–Trinajstić information content (AvgIpc) is 2.56. The quantitative estimate of drug-likeness (QED) is 0.604. The SMILES string of the molecule is Cc1ccc(C2=[C]CC=C2)c(C)c1. The van der Waals surface area contributed by atoms with Crippen LogP contribution in [0.2, 0.25) is 0 Å². The highest BCUT2D eigenvalue weighted by atomic mass is 14.1. The Morgan fingerprint density at radius 3 is 2.69 bits per heavy atom. The van der Waals surface area contributed by atoms with Crippen LogP contribution in [0.1, 0.15) is 23.1 Å². The smallest absolute Gasteiger partial charge is 0.00849 e. The van der Waals surface area contributed by atoms with Gasteiger partial charge in [0.1, 0.15) is 0 Å². The first kappa shape index (κ1) is 8.31. The highest BCUT2D eigenvalue weighted by Crippen LogP contribution is 2.24. The molecule has 1 aliphatic rings. The lowest BCUT2D eigenvalue weighted by molar-refractivity contribution is 1.35. The van der Waals surface area contributed by atoms with E-state index in [1.165, 1.54) is 22.3 Å². The molecule has 0 unspecified atom stereocenters. The molecule has 65 valence electrons. The molecule has 0 amide bonds. The summed E-state index contributed by atoms with van der Waals surface area (Å²) in [5.74, 6) is 0. The second-order valence-corrected chi connectivity index (χ2v) is 3.52. The van der Waals surface area contributed by atoms with Crippen LogP contribution in [0.15, 0.2) is 30.4 Å². The Morgan fingerprint density at radius 2 is 2.08 bits per heavy atom. The van der Waals surface area contributed by atoms with E-state index in [4.69, 9.17) is 0 Å². The first-order valence-electron chi connectivity index (χ1n) is 4.62. The number of allylic oxidation sites excluding steroid dienone is 4. The fraction of sp³-hybridized carbons (Fsp3) is 0.231. The van der Waals surface area contributed by atoms with E-state index in [0.717, 1.165) is 6.42 Å². The third kappa shape index (κ3) is 1.57. The Kier molecular flexibility index (Phi) is 2.05. The van der Waals surface area contributed by atoms with Gasteiger partial charge in [-0.1, -0.05) is 35.9 Å². The summed E-state index contributed by atoms with van der Waals surface area (Å²) in [6.07, 6.45) is 8.60. The van der Waals surface area contributed by atoms with E-state index in [2.05, 4.69) is 50.3 Å². The Bertz CT molecular complexity index is 381. The summed E-state index contributed by atoms with van der Waals surface area (Å²) < 4.78 is 0. The third-order valence-electron chi connectivity index (χ3n) is 2.37. The van der Waals surface area contributed by atoms with Crippen LogP contribution in [-0.4, -0.2) is 0 Å². The molecule has 0 saturated heterocycles. The monoisotopic (exact) mass is 169 g/mol. The van der Waals surface area contributed by atoms with Gasteiger partial charge in [-0.3, -0.25) is 0 Å². The molecule has 0 nitrogen and oxygen atoms in total. The van der Waals surface area contributed by atoms with Crippen molar-refractivity contribution in [2.75, 3.05) is 0 Å². The first-order valence-corrected chi connectivity index (χ1v) is 4.62. The molecule has 1 aromatic rings. The predicted molar refractivity (Wildman–Crippen MR) is 56.3 cm³/mol. The van der Waals surface area contributed by atoms with Crippen LogP contribution in [0.5, 0.6) is 0 Å². The average molecular weight is 169 g/mol. The van der Waals surface area contributed by atoms with Crippen molar-refractivity contribution in [1.29, 1.82) is 0 Å². The minimum atomic E-state index is 0.961. The van der Waals surface area contributed by atoms with Crippen LogP contribution in [0.4, 0.5) is 0 Å². The zero-order chi connectivity index (χ0) is 9.26. The molecule has 0 bridgehead atoms. The molecular weight excluding hydrogens is 156 g/mol. The summed E-state index contributed by atoms with van der Waals surface area (Å²) in [7, 11) is 0. The van der Waals surface area contributed by atoms with Crippen LogP contribution >= 0.6 is 0 Å². The molecule has 0 fully saturated rings. The molecule has 13 heavy (non-hydrogen) atoms. The molecule has 1 aromatic carbocycles. The third-order valence-corrected chi connectivity index (χ3v) is 2.37. The van der Waals surface area contributed by atoms with Gasteiger partial charge in [0, 0.05) is 0 Å². The van der Waals surface area contributed by atoms with Gasteiger partial charge in [-0.25, -0.2) is 0 Å². The minimum Gasteiger partial charge on any atom is -0.0795 e. The van der Waals surface area contributed by atoms with Gasteiger partial charge >= 0.3 is 0 Å². The summed E-state index contributed by atoms with van der Waals surface area (Å²) in [5.41, 5.74) is 5.23. The topological polar surface area (TPSA) is 0 Å². The Morgan fingerprint density at radius 1 is 1.23 bits per heavy atom. The van der Waals surface area contributed by atoms with E-state index < -0.39 is 0 Å². The van der Waals surface area contributed by atoms with Crippen molar-refractivity contribution in [3.8, 4) is 0 Å². The van der Waals surface area contributed by atoms with Crippen molar-refractivity contribution >= 4 is 5.57 Å². The zero-order valence-corrected chi connectivity index (χ0v) is 8.09. The number of rotatable bonds is 1. The van der Waals surface area contributed by atoms with Crippen LogP contribution < -0.4 is 0 Å². The maximum atomic E-state index is 3.34. The first-order chi connectivity index (χ1) is 6.27. The highest BCUT2D eigenvalue weighted by Gasteiger charge is 2.04. The van der Waals surface area contributed by atoms with Crippen LogP contribution in [-0.2, 0) is 0 Å². The van der Waals surface area contributed by atoms with E-state index in [0.29, 0.717) is 0 Å². The molecule has 2 rings (SSSR count). The molecule has 1 aliphatic carbocycles. The maximum absolute atomic E-state index is 3.34. The van der Waals surface area contributed by atoms with Crippen molar-refractivity contribution < 1.29 is 0 Å². The van der Waals surface area contributed by atoms with Crippen molar-refractivity contribution in [1.82, 2.24) is 0 Å². The predicted octanol–water partition coefficient (Wildman–Crippen LogP) is 3.45. The van der Waals surface area contributed by atoms with Crippen molar-refractivity contribution in [2.45, 2.75) is 20.3 Å². The highest BCUT2D eigenvalue weighted by molar-refractivity contribution is 5.76. The van der Waals surface area contributed by atoms with Gasteiger partial charge in [0.2, 0.25) is 0 Å². The van der Waals surface area contributed by atoms with Crippen LogP contribution in [0, 0.1) is 19.9 Å². The van der Waals surface area contributed by atoms with Gasteiger partial charge in [0.25, 0.3) is 0 Å². The minimum absolute atomic E-state index is 0.961. The Hall–Kier alpha value is -1.30. The molecular formula is C13H13. The molecule has 0 aromatic heterocycles. The standard InChI is InChI=1S/C13H13/c1-10-7-8-13(11(2)9-10)12-5-3-4-6-12/h3,5,7-9H,4H2,1-2H3. The zero-order valence-electron chi connectivity index (χ0n) is 8.09. The Balaban J connectivity index is 2.46.